The normalized spacial score (nSPS) is 10.7. The predicted octanol–water partition coefficient (Wildman–Crippen LogP) is 3.13. The molecule has 0 spiro atoms. The Labute approximate surface area is 158 Å². The lowest BCUT2D eigenvalue weighted by Crippen LogP contribution is -2.39. The topological polar surface area (TPSA) is 61.0 Å². The molecule has 0 radical (unpaired) electrons. The van der Waals surface area contributed by atoms with Crippen molar-refractivity contribution in [1.82, 2.24) is 20.2 Å². The summed E-state index contributed by atoms with van der Waals surface area (Å²) in [7, 11) is 0. The lowest BCUT2D eigenvalue weighted by molar-refractivity contribution is 0.398. The van der Waals surface area contributed by atoms with Gasteiger partial charge in [0.15, 0.2) is 5.11 Å². The molecule has 0 saturated heterocycles. The Morgan fingerprint density at radius 1 is 1.27 bits per heavy atom. The summed E-state index contributed by atoms with van der Waals surface area (Å²) in [6.07, 6.45) is 3.56. The van der Waals surface area contributed by atoms with Crippen LogP contribution in [-0.2, 0) is 13.1 Å². The van der Waals surface area contributed by atoms with Crippen LogP contribution >= 0.6 is 12.2 Å². The zero-order chi connectivity index (χ0) is 18.5. The van der Waals surface area contributed by atoms with E-state index in [1.165, 1.54) is 0 Å². The van der Waals surface area contributed by atoms with Gasteiger partial charge in [-0.3, -0.25) is 9.78 Å². The molecule has 0 saturated carbocycles. The molecule has 3 rings (SSSR count). The Hall–Kier alpha value is -2.73. The summed E-state index contributed by atoms with van der Waals surface area (Å²) in [5.74, 6) is 0. The van der Waals surface area contributed by atoms with Gasteiger partial charge in [0.25, 0.3) is 5.56 Å². The summed E-state index contributed by atoms with van der Waals surface area (Å²) in [5, 5.41) is 4.83. The van der Waals surface area contributed by atoms with E-state index < -0.39 is 0 Å². The first kappa shape index (κ1) is 18.1. The van der Waals surface area contributed by atoms with Crippen LogP contribution in [0.15, 0.2) is 53.6 Å². The number of rotatable bonds is 5. The standard InChI is InChI=1S/C20H22N4OS/c1-3-22-20(26)24(12-15-5-4-8-21-11-15)13-17-10-16-9-14(2)6-7-18(16)23-19(17)25/h4-11H,3,12-13H2,1-2H3,(H,22,26)(H,23,25). The number of fused-ring (bicyclic) bond motifs is 1. The van der Waals surface area contributed by atoms with Gasteiger partial charge in [0.2, 0.25) is 0 Å². The zero-order valence-corrected chi connectivity index (χ0v) is 15.8. The third kappa shape index (κ3) is 4.26. The third-order valence-corrected chi connectivity index (χ3v) is 4.55. The molecule has 0 aliphatic carbocycles. The van der Waals surface area contributed by atoms with E-state index >= 15 is 0 Å². The van der Waals surface area contributed by atoms with Gasteiger partial charge >= 0.3 is 0 Å². The lowest BCUT2D eigenvalue weighted by Gasteiger charge is -2.25. The highest BCUT2D eigenvalue weighted by atomic mass is 32.1. The van der Waals surface area contributed by atoms with E-state index in [0.29, 0.717) is 23.8 Å². The van der Waals surface area contributed by atoms with Gasteiger partial charge < -0.3 is 15.2 Å². The van der Waals surface area contributed by atoms with Crippen LogP contribution in [-0.4, -0.2) is 26.5 Å². The van der Waals surface area contributed by atoms with Crippen LogP contribution in [0.2, 0.25) is 0 Å². The smallest absolute Gasteiger partial charge is 0.253 e. The van der Waals surface area contributed by atoms with Gasteiger partial charge in [0, 0.05) is 36.6 Å². The van der Waals surface area contributed by atoms with Crippen LogP contribution < -0.4 is 10.9 Å². The average Bonchev–Trinajstić information content (AvgIpc) is 2.63. The monoisotopic (exact) mass is 366 g/mol. The minimum absolute atomic E-state index is 0.0863. The maximum atomic E-state index is 12.5. The average molecular weight is 366 g/mol. The van der Waals surface area contributed by atoms with Crippen molar-refractivity contribution in [1.29, 1.82) is 0 Å². The van der Waals surface area contributed by atoms with Gasteiger partial charge in [-0.2, -0.15) is 0 Å². The van der Waals surface area contributed by atoms with Crippen LogP contribution in [0, 0.1) is 6.92 Å². The molecule has 3 aromatic rings. The minimum Gasteiger partial charge on any atom is -0.363 e. The van der Waals surface area contributed by atoms with Crippen LogP contribution in [0.25, 0.3) is 10.9 Å². The first-order chi connectivity index (χ1) is 12.6. The summed E-state index contributed by atoms with van der Waals surface area (Å²) in [6.45, 7) is 5.79. The largest absolute Gasteiger partial charge is 0.363 e. The SMILES string of the molecule is CCNC(=S)N(Cc1cccnc1)Cc1cc2cc(C)ccc2[nH]c1=O. The molecule has 2 aromatic heterocycles. The Balaban J connectivity index is 1.92. The molecule has 5 nitrogen and oxygen atoms in total. The van der Waals surface area contributed by atoms with Crippen molar-refractivity contribution in [3.63, 3.8) is 0 Å². The van der Waals surface area contributed by atoms with Crippen molar-refractivity contribution in [2.45, 2.75) is 26.9 Å². The van der Waals surface area contributed by atoms with Crippen LogP contribution in [0.1, 0.15) is 23.6 Å². The fourth-order valence-electron chi connectivity index (χ4n) is 2.87. The molecule has 0 aliphatic rings. The molecular weight excluding hydrogens is 344 g/mol. The van der Waals surface area contributed by atoms with E-state index in [9.17, 15) is 4.79 Å². The highest BCUT2D eigenvalue weighted by molar-refractivity contribution is 7.80. The maximum absolute atomic E-state index is 12.5. The van der Waals surface area contributed by atoms with Crippen molar-refractivity contribution >= 4 is 28.2 Å². The Kier molecular flexibility index (Phi) is 5.63. The Morgan fingerprint density at radius 3 is 2.85 bits per heavy atom. The van der Waals surface area contributed by atoms with Crippen LogP contribution in [0.4, 0.5) is 0 Å². The lowest BCUT2D eigenvalue weighted by atomic mass is 10.1. The Morgan fingerprint density at radius 2 is 2.12 bits per heavy atom. The third-order valence-electron chi connectivity index (χ3n) is 4.15. The second-order valence-electron chi connectivity index (χ2n) is 6.27. The van der Waals surface area contributed by atoms with E-state index in [1.807, 2.05) is 55.3 Å². The summed E-state index contributed by atoms with van der Waals surface area (Å²) in [4.78, 5) is 21.6. The second-order valence-corrected chi connectivity index (χ2v) is 6.65. The highest BCUT2D eigenvalue weighted by Gasteiger charge is 2.13. The van der Waals surface area contributed by atoms with Crippen LogP contribution in [0.5, 0.6) is 0 Å². The molecule has 2 heterocycles. The van der Waals surface area contributed by atoms with Gasteiger partial charge in [0.1, 0.15) is 0 Å². The molecule has 26 heavy (non-hydrogen) atoms. The molecule has 0 fully saturated rings. The number of aromatic amines is 1. The van der Waals surface area contributed by atoms with Gasteiger partial charge in [-0.05, 0) is 61.3 Å². The van der Waals surface area contributed by atoms with Gasteiger partial charge in [-0.15, -0.1) is 0 Å². The number of aryl methyl sites for hydroxylation is 1. The van der Waals surface area contributed by atoms with Gasteiger partial charge in [-0.25, -0.2) is 0 Å². The summed E-state index contributed by atoms with van der Waals surface area (Å²) in [6, 6.07) is 11.9. The number of hydrogen-bond donors (Lipinski definition) is 2. The summed E-state index contributed by atoms with van der Waals surface area (Å²) >= 11 is 5.51. The molecule has 1 aromatic carbocycles. The number of aromatic nitrogens is 2. The quantitative estimate of drug-likeness (QED) is 0.680. The van der Waals surface area contributed by atoms with Crippen molar-refractivity contribution in [2.24, 2.45) is 0 Å². The fourth-order valence-corrected chi connectivity index (χ4v) is 3.14. The summed E-state index contributed by atoms with van der Waals surface area (Å²) < 4.78 is 0. The number of pyridine rings is 2. The number of benzene rings is 1. The molecule has 2 N–H and O–H groups in total. The number of nitrogens with one attached hydrogen (secondary N) is 2. The molecule has 6 heteroatoms. The highest BCUT2D eigenvalue weighted by Crippen LogP contribution is 2.15. The van der Waals surface area contributed by atoms with Crippen molar-refractivity contribution in [2.75, 3.05) is 6.54 Å². The van der Waals surface area contributed by atoms with Crippen LogP contribution in [0.3, 0.4) is 0 Å². The van der Waals surface area contributed by atoms with E-state index in [4.69, 9.17) is 12.2 Å². The number of nitrogens with zero attached hydrogens (tertiary/aromatic N) is 2. The van der Waals surface area contributed by atoms with Crippen molar-refractivity contribution in [3.05, 3.63) is 75.8 Å². The van der Waals surface area contributed by atoms with Crippen molar-refractivity contribution < 1.29 is 0 Å². The molecule has 0 atom stereocenters. The fraction of sp³-hybridized carbons (Fsp3) is 0.250. The first-order valence-electron chi connectivity index (χ1n) is 8.61. The van der Waals surface area contributed by atoms with E-state index in [-0.39, 0.29) is 5.56 Å². The van der Waals surface area contributed by atoms with Crippen molar-refractivity contribution in [3.8, 4) is 0 Å². The second kappa shape index (κ2) is 8.10. The zero-order valence-electron chi connectivity index (χ0n) is 15.0. The number of H-pyrrole nitrogens is 1. The maximum Gasteiger partial charge on any atom is 0.253 e. The minimum atomic E-state index is -0.0863. The first-order valence-corrected chi connectivity index (χ1v) is 9.02. The summed E-state index contributed by atoms with van der Waals surface area (Å²) in [5.41, 5.74) is 3.65. The molecule has 0 unspecified atom stereocenters. The number of hydrogen-bond acceptors (Lipinski definition) is 3. The van der Waals surface area contributed by atoms with E-state index in [0.717, 1.165) is 28.6 Å². The molecular formula is C20H22N4OS. The molecule has 134 valence electrons. The molecule has 0 amide bonds. The Bertz CT molecular complexity index is 968. The molecule has 0 bridgehead atoms. The van der Waals surface area contributed by atoms with Gasteiger partial charge in [-0.1, -0.05) is 17.7 Å². The predicted molar refractivity (Wildman–Crippen MR) is 109 cm³/mol. The number of thiocarbonyl (C=S) groups is 1. The van der Waals surface area contributed by atoms with E-state index in [1.54, 1.807) is 6.20 Å². The molecule has 0 aliphatic heterocycles. The van der Waals surface area contributed by atoms with E-state index in [2.05, 4.69) is 21.4 Å². The van der Waals surface area contributed by atoms with Gasteiger partial charge in [0.05, 0.1) is 6.54 Å².